The molecule has 2 aromatic carbocycles. The Kier molecular flexibility index (Phi) is 6.81. The van der Waals surface area contributed by atoms with Crippen molar-refractivity contribution in [2.24, 2.45) is 0 Å². The van der Waals surface area contributed by atoms with Gasteiger partial charge in [0.05, 0.1) is 12.7 Å². The molecule has 0 aromatic heterocycles. The number of Topliss-reactive ketones (excluding diaryl/α,β-unsaturated/α-hetero) is 1. The summed E-state index contributed by atoms with van der Waals surface area (Å²) in [4.78, 5) is 25.1. The van der Waals surface area contributed by atoms with Crippen LogP contribution >= 0.6 is 0 Å². The first kappa shape index (κ1) is 22.6. The summed E-state index contributed by atoms with van der Waals surface area (Å²) in [6.45, 7) is 5.17. The summed E-state index contributed by atoms with van der Waals surface area (Å²) < 4.78 is 36.5. The summed E-state index contributed by atoms with van der Waals surface area (Å²) >= 11 is 0. The lowest BCUT2D eigenvalue weighted by Crippen LogP contribution is -2.26. The van der Waals surface area contributed by atoms with Gasteiger partial charge >= 0.3 is 5.97 Å². The van der Waals surface area contributed by atoms with Gasteiger partial charge in [-0.05, 0) is 50.6 Å². The number of ether oxygens (including phenoxy) is 2. The normalized spacial score (nSPS) is 12.5. The molecule has 0 bridgehead atoms. The van der Waals surface area contributed by atoms with Crippen molar-refractivity contribution in [3.05, 3.63) is 58.7 Å². The molecule has 0 saturated heterocycles. The van der Waals surface area contributed by atoms with E-state index in [-0.39, 0.29) is 22.0 Å². The highest BCUT2D eigenvalue weighted by Crippen LogP contribution is 2.27. The number of benzene rings is 2. The summed E-state index contributed by atoms with van der Waals surface area (Å²) in [5.41, 5.74) is 2.20. The van der Waals surface area contributed by atoms with Gasteiger partial charge in [0.15, 0.2) is 6.10 Å². The molecule has 29 heavy (non-hydrogen) atoms. The second kappa shape index (κ2) is 8.75. The van der Waals surface area contributed by atoms with Crippen molar-refractivity contribution >= 4 is 21.8 Å². The molecule has 0 saturated carbocycles. The maximum atomic E-state index is 12.7. The maximum absolute atomic E-state index is 12.7. The average molecular weight is 419 g/mol. The quantitative estimate of drug-likeness (QED) is 0.506. The molecule has 8 heteroatoms. The van der Waals surface area contributed by atoms with Crippen molar-refractivity contribution in [2.75, 3.05) is 21.2 Å². The fraction of sp³-hybridized carbons (Fsp3) is 0.333. The van der Waals surface area contributed by atoms with Gasteiger partial charge in [0, 0.05) is 19.7 Å². The van der Waals surface area contributed by atoms with Gasteiger partial charge in [0.1, 0.15) is 10.6 Å². The van der Waals surface area contributed by atoms with Gasteiger partial charge in [-0.25, -0.2) is 17.5 Å². The van der Waals surface area contributed by atoms with Gasteiger partial charge in [-0.15, -0.1) is 0 Å². The summed E-state index contributed by atoms with van der Waals surface area (Å²) in [5.74, 6) is -1.02. The fourth-order valence-corrected chi connectivity index (χ4v) is 3.78. The highest BCUT2D eigenvalue weighted by molar-refractivity contribution is 7.89. The fourth-order valence-electron chi connectivity index (χ4n) is 2.70. The third-order valence-electron chi connectivity index (χ3n) is 4.47. The van der Waals surface area contributed by atoms with Crippen LogP contribution in [0.5, 0.6) is 5.75 Å². The molecule has 0 aliphatic carbocycles. The van der Waals surface area contributed by atoms with E-state index in [9.17, 15) is 18.0 Å². The van der Waals surface area contributed by atoms with Crippen molar-refractivity contribution < 1.29 is 27.5 Å². The molecule has 0 amide bonds. The molecule has 0 fully saturated rings. The van der Waals surface area contributed by atoms with Gasteiger partial charge < -0.3 is 9.47 Å². The number of carbonyl (C=O) groups excluding carboxylic acids is 2. The van der Waals surface area contributed by atoms with Crippen LogP contribution < -0.4 is 4.74 Å². The van der Waals surface area contributed by atoms with Gasteiger partial charge in [0.25, 0.3) is 0 Å². The summed E-state index contributed by atoms with van der Waals surface area (Å²) in [7, 11) is 0.259. The van der Waals surface area contributed by atoms with Crippen LogP contribution in [0.15, 0.2) is 41.3 Å². The van der Waals surface area contributed by atoms with Crippen molar-refractivity contribution in [1.82, 2.24) is 4.31 Å². The molecule has 7 nitrogen and oxygen atoms in total. The van der Waals surface area contributed by atoms with Crippen LogP contribution in [-0.4, -0.2) is 51.8 Å². The minimum Gasteiger partial charge on any atom is -0.495 e. The van der Waals surface area contributed by atoms with Crippen LogP contribution in [0, 0.1) is 13.8 Å². The molecule has 1 atom stereocenters. The van der Waals surface area contributed by atoms with E-state index in [2.05, 4.69) is 0 Å². The van der Waals surface area contributed by atoms with E-state index in [1.165, 1.54) is 46.3 Å². The molecule has 2 rings (SSSR count). The van der Waals surface area contributed by atoms with Crippen molar-refractivity contribution in [1.29, 1.82) is 0 Å². The average Bonchev–Trinajstić information content (AvgIpc) is 2.68. The number of methoxy groups -OCH3 is 1. The Morgan fingerprint density at radius 1 is 1.03 bits per heavy atom. The van der Waals surface area contributed by atoms with Gasteiger partial charge in [-0.1, -0.05) is 17.7 Å². The zero-order valence-corrected chi connectivity index (χ0v) is 18.2. The van der Waals surface area contributed by atoms with Crippen LogP contribution in [0.25, 0.3) is 0 Å². The largest absolute Gasteiger partial charge is 0.495 e. The minimum atomic E-state index is -3.84. The van der Waals surface area contributed by atoms with E-state index >= 15 is 0 Å². The van der Waals surface area contributed by atoms with Crippen LogP contribution in [0.2, 0.25) is 0 Å². The van der Waals surface area contributed by atoms with Gasteiger partial charge in [-0.3, -0.25) is 4.79 Å². The highest BCUT2D eigenvalue weighted by atomic mass is 32.2. The van der Waals surface area contributed by atoms with Crippen LogP contribution in [0.1, 0.15) is 38.8 Å². The molecule has 0 unspecified atom stereocenters. The van der Waals surface area contributed by atoms with Crippen molar-refractivity contribution in [3.8, 4) is 5.75 Å². The number of ketones is 1. The number of sulfonamides is 1. The van der Waals surface area contributed by atoms with E-state index in [1.807, 2.05) is 26.0 Å². The number of rotatable bonds is 7. The van der Waals surface area contributed by atoms with Crippen molar-refractivity contribution in [3.63, 3.8) is 0 Å². The molecule has 0 N–H and O–H groups in total. The van der Waals surface area contributed by atoms with E-state index in [4.69, 9.17) is 9.47 Å². The molecule has 0 aliphatic heterocycles. The van der Waals surface area contributed by atoms with Gasteiger partial charge in [0.2, 0.25) is 15.8 Å². The first-order valence-corrected chi connectivity index (χ1v) is 10.4. The molecule has 0 heterocycles. The Morgan fingerprint density at radius 2 is 1.69 bits per heavy atom. The third-order valence-corrected chi connectivity index (χ3v) is 6.31. The molecule has 2 aromatic rings. The number of nitrogens with zero attached hydrogens (tertiary/aromatic N) is 1. The number of hydrogen-bond donors (Lipinski definition) is 0. The topological polar surface area (TPSA) is 90.0 Å². The molecular weight excluding hydrogens is 394 g/mol. The predicted octanol–water partition coefficient (Wildman–Crippen LogP) is 2.99. The predicted molar refractivity (Wildman–Crippen MR) is 109 cm³/mol. The number of carbonyl (C=O) groups is 2. The van der Waals surface area contributed by atoms with E-state index < -0.39 is 22.1 Å². The SMILES string of the molecule is COc1ccc(C(=O)O[C@@H](C)C(=O)c2cc(C)ccc2C)cc1S(=O)(=O)N(C)C. The first-order chi connectivity index (χ1) is 13.5. The summed E-state index contributed by atoms with van der Waals surface area (Å²) in [6.07, 6.45) is -1.03. The zero-order valence-electron chi connectivity index (χ0n) is 17.3. The minimum absolute atomic E-state index is 0.00633. The highest BCUT2D eigenvalue weighted by Gasteiger charge is 2.26. The lowest BCUT2D eigenvalue weighted by molar-refractivity contribution is 0.0318. The lowest BCUT2D eigenvalue weighted by Gasteiger charge is -2.17. The Labute approximate surface area is 171 Å². The van der Waals surface area contributed by atoms with Crippen molar-refractivity contribution in [2.45, 2.75) is 31.8 Å². The van der Waals surface area contributed by atoms with Gasteiger partial charge in [-0.2, -0.15) is 0 Å². The Hall–Kier alpha value is -2.71. The lowest BCUT2D eigenvalue weighted by atomic mass is 9.99. The maximum Gasteiger partial charge on any atom is 0.338 e. The first-order valence-electron chi connectivity index (χ1n) is 8.92. The standard InChI is InChI=1S/C21H25NO6S/c1-13-7-8-14(2)17(11-13)20(23)15(3)28-21(24)16-9-10-18(27-6)19(12-16)29(25,26)22(4)5/h7-12,15H,1-6H3/t15-/m0/s1. The second-order valence-corrected chi connectivity index (χ2v) is 9.00. The summed E-state index contributed by atoms with van der Waals surface area (Å²) in [6, 6.07) is 9.43. The third kappa shape index (κ3) is 4.83. The molecule has 0 spiro atoms. The van der Waals surface area contributed by atoms with Crippen LogP contribution in [0.3, 0.4) is 0 Å². The van der Waals surface area contributed by atoms with E-state index in [1.54, 1.807) is 6.07 Å². The monoisotopic (exact) mass is 419 g/mol. The molecular formula is C21H25NO6S. The van der Waals surface area contributed by atoms with E-state index in [0.717, 1.165) is 15.4 Å². The Bertz CT molecular complexity index is 1040. The molecule has 0 radical (unpaired) electrons. The number of esters is 1. The second-order valence-electron chi connectivity index (χ2n) is 6.88. The Balaban J connectivity index is 2.31. The molecule has 0 aliphatic rings. The van der Waals surface area contributed by atoms with Crippen LogP contribution in [-0.2, 0) is 14.8 Å². The smallest absolute Gasteiger partial charge is 0.338 e. The molecule has 156 valence electrons. The van der Waals surface area contributed by atoms with E-state index in [0.29, 0.717) is 5.56 Å². The number of hydrogen-bond acceptors (Lipinski definition) is 6. The number of aryl methyl sites for hydroxylation is 2. The van der Waals surface area contributed by atoms with Crippen LogP contribution in [0.4, 0.5) is 0 Å². The zero-order chi connectivity index (χ0) is 21.9. The summed E-state index contributed by atoms with van der Waals surface area (Å²) in [5, 5.41) is 0. The Morgan fingerprint density at radius 3 is 2.28 bits per heavy atom.